The molecule has 1 aliphatic rings. The summed E-state index contributed by atoms with van der Waals surface area (Å²) in [5.41, 5.74) is 0. The Morgan fingerprint density at radius 2 is 1.00 bits per heavy atom. The zero-order valence-electron chi connectivity index (χ0n) is 29.7. The lowest BCUT2D eigenvalue weighted by atomic mass is 9.86. The lowest BCUT2D eigenvalue weighted by molar-refractivity contribution is -0.134. The van der Waals surface area contributed by atoms with Crippen LogP contribution in [0.5, 0.6) is 0 Å². The predicted molar refractivity (Wildman–Crippen MR) is 187 cm³/mol. The molecule has 1 rings (SSSR count). The molecule has 1 saturated carbocycles. The zero-order chi connectivity index (χ0) is 30.7. The van der Waals surface area contributed by atoms with Crippen LogP contribution in [0.25, 0.3) is 0 Å². The van der Waals surface area contributed by atoms with Gasteiger partial charge in [0.25, 0.3) is 0 Å². The summed E-state index contributed by atoms with van der Waals surface area (Å²) in [6, 6.07) is 1.32. The van der Waals surface area contributed by atoms with Crippen LogP contribution in [-0.4, -0.2) is 47.4 Å². The second kappa shape index (κ2) is 27.9. The number of unbranched alkanes of at least 4 members (excludes halogenated alkanes) is 15. The zero-order valence-corrected chi connectivity index (χ0v) is 29.7. The molecule has 1 amide bonds. The van der Waals surface area contributed by atoms with E-state index in [1.54, 1.807) is 0 Å². The van der Waals surface area contributed by atoms with E-state index in [-0.39, 0.29) is 0 Å². The fraction of sp³-hybridized carbons (Fsp3) is 0.974. The average molecular weight is 591 g/mol. The Bertz CT molecular complexity index is 585. The van der Waals surface area contributed by atoms with Crippen LogP contribution >= 0.6 is 0 Å². The molecule has 1 aliphatic carbocycles. The number of hydrogen-bond donors (Lipinski definition) is 0. The van der Waals surface area contributed by atoms with Crippen molar-refractivity contribution in [3.63, 3.8) is 0 Å². The first-order valence-corrected chi connectivity index (χ1v) is 19.6. The highest BCUT2D eigenvalue weighted by molar-refractivity contribution is 5.76. The van der Waals surface area contributed by atoms with Crippen LogP contribution in [0, 0.1) is 5.92 Å². The molecular formula is C39H78N2O. The van der Waals surface area contributed by atoms with E-state index in [4.69, 9.17) is 0 Å². The molecule has 0 bridgehead atoms. The van der Waals surface area contributed by atoms with E-state index in [0.29, 0.717) is 11.9 Å². The molecule has 0 aromatic heterocycles. The van der Waals surface area contributed by atoms with Crippen molar-refractivity contribution in [2.75, 3.05) is 19.6 Å². The Balaban J connectivity index is 2.44. The van der Waals surface area contributed by atoms with E-state index >= 15 is 0 Å². The Hall–Kier alpha value is -0.570. The van der Waals surface area contributed by atoms with Gasteiger partial charge >= 0.3 is 0 Å². The molecule has 3 nitrogen and oxygen atoms in total. The molecule has 0 N–H and O–H groups in total. The van der Waals surface area contributed by atoms with Crippen molar-refractivity contribution in [1.29, 1.82) is 0 Å². The van der Waals surface area contributed by atoms with Gasteiger partial charge in [0, 0.05) is 25.0 Å². The van der Waals surface area contributed by atoms with Crippen LogP contribution in [0.2, 0.25) is 0 Å². The van der Waals surface area contributed by atoms with Crippen LogP contribution < -0.4 is 0 Å². The van der Waals surface area contributed by atoms with Gasteiger partial charge in [-0.1, -0.05) is 137 Å². The Kier molecular flexibility index (Phi) is 26.2. The Labute approximate surface area is 265 Å². The highest BCUT2D eigenvalue weighted by atomic mass is 16.2. The molecule has 0 heterocycles. The minimum absolute atomic E-state index is 0.456. The van der Waals surface area contributed by atoms with Gasteiger partial charge in [-0.05, 0) is 83.2 Å². The molecular weight excluding hydrogens is 512 g/mol. The van der Waals surface area contributed by atoms with Gasteiger partial charge in [-0.2, -0.15) is 0 Å². The largest absolute Gasteiger partial charge is 0.340 e. The van der Waals surface area contributed by atoms with E-state index in [1.165, 1.54) is 167 Å². The van der Waals surface area contributed by atoms with E-state index in [9.17, 15) is 4.79 Å². The maximum Gasteiger partial charge on any atom is 0.222 e. The summed E-state index contributed by atoms with van der Waals surface area (Å²) in [5.74, 6) is 1.39. The Morgan fingerprint density at radius 3 is 1.57 bits per heavy atom. The Morgan fingerprint density at radius 1 is 0.548 bits per heavy atom. The first-order chi connectivity index (χ1) is 20.6. The number of hydrogen-bond acceptors (Lipinski definition) is 2. The maximum absolute atomic E-state index is 13.5. The third-order valence-corrected chi connectivity index (χ3v) is 10.2. The second-order valence-electron chi connectivity index (χ2n) is 14.2. The van der Waals surface area contributed by atoms with Gasteiger partial charge in [-0.15, -0.1) is 0 Å². The van der Waals surface area contributed by atoms with Gasteiger partial charge in [0.1, 0.15) is 0 Å². The maximum atomic E-state index is 13.5. The molecule has 1 fully saturated rings. The minimum atomic E-state index is 0.456. The van der Waals surface area contributed by atoms with Gasteiger partial charge in [-0.3, -0.25) is 4.79 Å². The fourth-order valence-electron chi connectivity index (χ4n) is 7.18. The summed E-state index contributed by atoms with van der Waals surface area (Å²) in [6.45, 7) is 15.2. The smallest absolute Gasteiger partial charge is 0.222 e. The predicted octanol–water partition coefficient (Wildman–Crippen LogP) is 12.1. The van der Waals surface area contributed by atoms with Crippen molar-refractivity contribution in [3.05, 3.63) is 0 Å². The molecule has 0 spiro atoms. The van der Waals surface area contributed by atoms with Crippen molar-refractivity contribution in [2.24, 2.45) is 5.92 Å². The van der Waals surface area contributed by atoms with Crippen molar-refractivity contribution in [1.82, 2.24) is 9.80 Å². The van der Waals surface area contributed by atoms with Gasteiger partial charge in [0.05, 0.1) is 0 Å². The lowest BCUT2D eigenvalue weighted by Gasteiger charge is -2.36. The first-order valence-electron chi connectivity index (χ1n) is 19.6. The van der Waals surface area contributed by atoms with E-state index in [1.807, 2.05) is 0 Å². The summed E-state index contributed by atoms with van der Waals surface area (Å²) in [4.78, 5) is 18.7. The average Bonchev–Trinajstić information content (AvgIpc) is 2.99. The van der Waals surface area contributed by atoms with Crippen molar-refractivity contribution < 1.29 is 4.79 Å². The van der Waals surface area contributed by atoms with Crippen molar-refractivity contribution >= 4 is 5.91 Å². The molecule has 0 aromatic rings. The van der Waals surface area contributed by atoms with Crippen LogP contribution in [0.4, 0.5) is 0 Å². The number of carbonyl (C=O) groups is 1. The van der Waals surface area contributed by atoms with E-state index in [2.05, 4.69) is 44.4 Å². The summed E-state index contributed by atoms with van der Waals surface area (Å²) < 4.78 is 0. The highest BCUT2D eigenvalue weighted by Crippen LogP contribution is 2.28. The van der Waals surface area contributed by atoms with Crippen LogP contribution in [0.15, 0.2) is 0 Å². The fourth-order valence-corrected chi connectivity index (χ4v) is 7.18. The quantitative estimate of drug-likeness (QED) is 0.0809. The lowest BCUT2D eigenvalue weighted by Crippen LogP contribution is -2.41. The number of nitrogens with zero attached hydrogens (tertiary/aromatic N) is 2. The van der Waals surface area contributed by atoms with Crippen molar-refractivity contribution in [2.45, 2.75) is 220 Å². The van der Waals surface area contributed by atoms with Gasteiger partial charge in [0.2, 0.25) is 5.91 Å². The van der Waals surface area contributed by atoms with Crippen LogP contribution in [0.1, 0.15) is 208 Å². The monoisotopic (exact) mass is 591 g/mol. The molecule has 0 saturated heterocycles. The SMILES string of the molecule is CCCCCCCCN(CCCCCCCC(=O)N(CCCC)C(CCCCC)CCCCCC)C1CCC(C)CC1. The van der Waals surface area contributed by atoms with Gasteiger partial charge in [-0.25, -0.2) is 0 Å². The molecule has 42 heavy (non-hydrogen) atoms. The standard InChI is InChI=1S/C39H78N2O/c1-6-10-14-16-19-24-33-40(37-31-29-36(5)30-32-37)34-25-20-17-18-23-28-39(42)41(35-13-9-4)38(26-21-12-8-3)27-22-15-11-7-2/h36-38H,6-35H2,1-5H3. The molecule has 1 atom stereocenters. The molecule has 1 unspecified atom stereocenters. The first kappa shape index (κ1) is 39.5. The second-order valence-corrected chi connectivity index (χ2v) is 14.2. The molecule has 0 aromatic carbocycles. The third kappa shape index (κ3) is 19.7. The van der Waals surface area contributed by atoms with E-state index < -0.39 is 0 Å². The summed E-state index contributed by atoms with van der Waals surface area (Å²) in [6.07, 6.45) is 35.0. The topological polar surface area (TPSA) is 23.6 Å². The normalized spacial score (nSPS) is 18.0. The summed E-state index contributed by atoms with van der Waals surface area (Å²) >= 11 is 0. The van der Waals surface area contributed by atoms with E-state index in [0.717, 1.165) is 37.8 Å². The van der Waals surface area contributed by atoms with Gasteiger partial charge in [0.15, 0.2) is 0 Å². The van der Waals surface area contributed by atoms with Crippen molar-refractivity contribution in [3.8, 4) is 0 Å². The van der Waals surface area contributed by atoms with Crippen LogP contribution in [-0.2, 0) is 4.79 Å². The summed E-state index contributed by atoms with van der Waals surface area (Å²) in [5, 5.41) is 0. The highest BCUT2D eigenvalue weighted by Gasteiger charge is 2.24. The molecule has 0 radical (unpaired) electrons. The number of rotatable bonds is 29. The summed E-state index contributed by atoms with van der Waals surface area (Å²) in [7, 11) is 0. The molecule has 0 aliphatic heterocycles. The number of amides is 1. The number of carbonyl (C=O) groups excluding carboxylic acids is 1. The van der Waals surface area contributed by atoms with Crippen LogP contribution in [0.3, 0.4) is 0 Å². The molecule has 250 valence electrons. The van der Waals surface area contributed by atoms with Gasteiger partial charge < -0.3 is 9.80 Å². The minimum Gasteiger partial charge on any atom is -0.340 e. The third-order valence-electron chi connectivity index (χ3n) is 10.2. The molecule has 3 heteroatoms.